The van der Waals surface area contributed by atoms with Crippen LogP contribution in [0.2, 0.25) is 0 Å². The number of ether oxygens (including phenoxy) is 2. The van der Waals surface area contributed by atoms with Gasteiger partial charge in [0.15, 0.2) is 0 Å². The van der Waals surface area contributed by atoms with E-state index in [1.54, 1.807) is 26.5 Å². The lowest BCUT2D eigenvalue weighted by molar-refractivity contribution is 0.0741. The van der Waals surface area contributed by atoms with Crippen LogP contribution < -0.4 is 9.64 Å². The number of hydrogen-bond acceptors (Lipinski definition) is 6. The van der Waals surface area contributed by atoms with Crippen molar-refractivity contribution in [3.63, 3.8) is 0 Å². The first-order chi connectivity index (χ1) is 12.2. The lowest BCUT2D eigenvalue weighted by Crippen LogP contribution is -2.49. The molecule has 1 aliphatic rings. The number of benzene rings is 1. The highest BCUT2D eigenvalue weighted by Gasteiger charge is 2.24. The minimum Gasteiger partial charge on any atom is -0.481 e. The van der Waals surface area contributed by atoms with Crippen molar-refractivity contribution in [2.24, 2.45) is 0 Å². The zero-order chi connectivity index (χ0) is 17.6. The van der Waals surface area contributed by atoms with Gasteiger partial charge >= 0.3 is 0 Å². The van der Waals surface area contributed by atoms with Gasteiger partial charge in [0, 0.05) is 51.1 Å². The smallest absolute Gasteiger partial charge is 0.254 e. The topological polar surface area (TPSA) is 67.8 Å². The van der Waals surface area contributed by atoms with Gasteiger partial charge in [-0.15, -0.1) is 0 Å². The van der Waals surface area contributed by atoms with Crippen LogP contribution in [0.25, 0.3) is 0 Å². The maximum Gasteiger partial charge on any atom is 0.254 e. The van der Waals surface area contributed by atoms with Crippen LogP contribution >= 0.6 is 0 Å². The van der Waals surface area contributed by atoms with Crippen LogP contribution in [0.15, 0.2) is 36.5 Å². The Bertz CT molecular complexity index is 730. The molecule has 1 fully saturated rings. The molecular formula is C18H22N4O3. The van der Waals surface area contributed by atoms with Crippen LogP contribution in [-0.2, 0) is 11.3 Å². The van der Waals surface area contributed by atoms with Gasteiger partial charge in [0.2, 0.25) is 11.8 Å². The number of hydrogen-bond donors (Lipinski definition) is 0. The summed E-state index contributed by atoms with van der Waals surface area (Å²) in [5, 5.41) is 0. The van der Waals surface area contributed by atoms with Crippen molar-refractivity contribution in [3.8, 4) is 5.88 Å². The minimum atomic E-state index is 0.0406. The van der Waals surface area contributed by atoms with Gasteiger partial charge in [-0.2, -0.15) is 4.98 Å². The molecule has 0 N–H and O–H groups in total. The number of piperazine rings is 1. The second-order valence-electron chi connectivity index (χ2n) is 5.77. The summed E-state index contributed by atoms with van der Waals surface area (Å²) in [4.78, 5) is 25.4. The number of carbonyl (C=O) groups is 1. The molecule has 0 radical (unpaired) electrons. The normalized spacial score (nSPS) is 14.5. The van der Waals surface area contributed by atoms with Gasteiger partial charge in [-0.05, 0) is 11.6 Å². The van der Waals surface area contributed by atoms with E-state index in [1.807, 2.05) is 29.2 Å². The number of anilines is 1. The maximum absolute atomic E-state index is 12.8. The number of amides is 1. The van der Waals surface area contributed by atoms with Crippen molar-refractivity contribution in [2.75, 3.05) is 45.3 Å². The first-order valence-electron chi connectivity index (χ1n) is 8.21. The Kier molecular flexibility index (Phi) is 5.45. The summed E-state index contributed by atoms with van der Waals surface area (Å²) >= 11 is 0. The fourth-order valence-corrected chi connectivity index (χ4v) is 2.89. The maximum atomic E-state index is 12.8. The third-order valence-electron chi connectivity index (χ3n) is 4.22. The molecule has 3 rings (SSSR count). The van der Waals surface area contributed by atoms with E-state index in [-0.39, 0.29) is 5.91 Å². The molecule has 2 heterocycles. The highest BCUT2D eigenvalue weighted by atomic mass is 16.5. The lowest BCUT2D eigenvalue weighted by Gasteiger charge is -2.35. The Morgan fingerprint density at radius 2 is 1.88 bits per heavy atom. The molecule has 0 bridgehead atoms. The second kappa shape index (κ2) is 7.94. The number of nitrogens with zero attached hydrogens (tertiary/aromatic N) is 4. The zero-order valence-corrected chi connectivity index (χ0v) is 14.5. The van der Waals surface area contributed by atoms with E-state index in [4.69, 9.17) is 9.47 Å². The first-order valence-corrected chi connectivity index (χ1v) is 8.21. The molecule has 132 valence electrons. The molecule has 7 heteroatoms. The molecule has 0 atom stereocenters. The molecule has 25 heavy (non-hydrogen) atoms. The van der Waals surface area contributed by atoms with Crippen LogP contribution in [0.1, 0.15) is 15.9 Å². The molecule has 0 spiro atoms. The average Bonchev–Trinajstić information content (AvgIpc) is 2.68. The van der Waals surface area contributed by atoms with E-state index in [1.165, 1.54) is 0 Å². The number of methoxy groups -OCH3 is 2. The Labute approximate surface area is 147 Å². The van der Waals surface area contributed by atoms with E-state index < -0.39 is 0 Å². The summed E-state index contributed by atoms with van der Waals surface area (Å²) in [6, 6.07) is 9.30. The Morgan fingerprint density at radius 3 is 2.60 bits per heavy atom. The van der Waals surface area contributed by atoms with Crippen molar-refractivity contribution in [2.45, 2.75) is 6.61 Å². The van der Waals surface area contributed by atoms with E-state index in [2.05, 4.69) is 14.9 Å². The molecule has 1 aromatic heterocycles. The summed E-state index contributed by atoms with van der Waals surface area (Å²) in [5.41, 5.74) is 1.61. The lowest BCUT2D eigenvalue weighted by atomic mass is 10.1. The summed E-state index contributed by atoms with van der Waals surface area (Å²) in [7, 11) is 3.22. The molecule has 7 nitrogen and oxygen atoms in total. The van der Waals surface area contributed by atoms with Crippen molar-refractivity contribution < 1.29 is 14.3 Å². The average molecular weight is 342 g/mol. The SMILES string of the molecule is COCc1ccccc1C(=O)N1CCN(c2nccc(OC)n2)CC1. The molecule has 1 aromatic carbocycles. The van der Waals surface area contributed by atoms with Crippen LogP contribution in [0.3, 0.4) is 0 Å². The van der Waals surface area contributed by atoms with E-state index >= 15 is 0 Å². The zero-order valence-electron chi connectivity index (χ0n) is 14.5. The molecule has 2 aromatic rings. The predicted molar refractivity (Wildman–Crippen MR) is 93.9 cm³/mol. The predicted octanol–water partition coefficient (Wildman–Crippen LogP) is 1.59. The standard InChI is InChI=1S/C18H22N4O3/c1-24-13-14-5-3-4-6-15(14)17(23)21-9-11-22(12-10-21)18-19-8-7-16(20-18)25-2/h3-8H,9-13H2,1-2H3. The van der Waals surface area contributed by atoms with Gasteiger partial charge in [0.25, 0.3) is 5.91 Å². The molecule has 0 aliphatic carbocycles. The van der Waals surface area contributed by atoms with Crippen molar-refractivity contribution >= 4 is 11.9 Å². The minimum absolute atomic E-state index is 0.0406. The fourth-order valence-electron chi connectivity index (χ4n) is 2.89. The summed E-state index contributed by atoms with van der Waals surface area (Å²) in [5.74, 6) is 1.21. The van der Waals surface area contributed by atoms with Gasteiger partial charge in [0.1, 0.15) is 0 Å². The van der Waals surface area contributed by atoms with Gasteiger partial charge in [-0.25, -0.2) is 4.98 Å². The number of aromatic nitrogens is 2. The molecule has 1 amide bonds. The van der Waals surface area contributed by atoms with E-state index in [0.29, 0.717) is 50.2 Å². The number of carbonyl (C=O) groups excluding carboxylic acids is 1. The summed E-state index contributed by atoms with van der Waals surface area (Å²) in [6.45, 7) is 3.05. The fraction of sp³-hybridized carbons (Fsp3) is 0.389. The van der Waals surface area contributed by atoms with Crippen LogP contribution in [0.4, 0.5) is 5.95 Å². The van der Waals surface area contributed by atoms with Gasteiger partial charge in [-0.3, -0.25) is 4.79 Å². The van der Waals surface area contributed by atoms with Crippen molar-refractivity contribution in [1.82, 2.24) is 14.9 Å². The second-order valence-corrected chi connectivity index (χ2v) is 5.77. The van der Waals surface area contributed by atoms with Crippen LogP contribution in [-0.4, -0.2) is 61.2 Å². The van der Waals surface area contributed by atoms with Gasteiger partial charge < -0.3 is 19.3 Å². The Morgan fingerprint density at radius 1 is 1.12 bits per heavy atom. The first kappa shape index (κ1) is 17.2. The number of rotatable bonds is 5. The molecule has 0 unspecified atom stereocenters. The molecular weight excluding hydrogens is 320 g/mol. The van der Waals surface area contributed by atoms with E-state index in [9.17, 15) is 4.79 Å². The van der Waals surface area contributed by atoms with Crippen LogP contribution in [0, 0.1) is 0 Å². The van der Waals surface area contributed by atoms with Gasteiger partial charge in [0.05, 0.1) is 13.7 Å². The summed E-state index contributed by atoms with van der Waals surface area (Å²) < 4.78 is 10.3. The van der Waals surface area contributed by atoms with Crippen molar-refractivity contribution in [3.05, 3.63) is 47.7 Å². The Hall–Kier alpha value is -2.67. The monoisotopic (exact) mass is 342 g/mol. The van der Waals surface area contributed by atoms with Crippen LogP contribution in [0.5, 0.6) is 5.88 Å². The van der Waals surface area contributed by atoms with Crippen molar-refractivity contribution in [1.29, 1.82) is 0 Å². The molecule has 0 saturated carbocycles. The highest BCUT2D eigenvalue weighted by molar-refractivity contribution is 5.95. The Balaban J connectivity index is 1.67. The van der Waals surface area contributed by atoms with Gasteiger partial charge in [-0.1, -0.05) is 18.2 Å². The molecule has 1 aliphatic heterocycles. The highest BCUT2D eigenvalue weighted by Crippen LogP contribution is 2.17. The molecule has 1 saturated heterocycles. The quantitative estimate of drug-likeness (QED) is 0.822. The third kappa shape index (κ3) is 3.88. The summed E-state index contributed by atoms with van der Waals surface area (Å²) in [6.07, 6.45) is 1.68. The van der Waals surface area contributed by atoms with E-state index in [0.717, 1.165) is 5.56 Å². The third-order valence-corrected chi connectivity index (χ3v) is 4.22. The largest absolute Gasteiger partial charge is 0.481 e.